The van der Waals surface area contributed by atoms with E-state index < -0.39 is 5.41 Å². The third-order valence-electron chi connectivity index (χ3n) is 14.6. The van der Waals surface area contributed by atoms with Crippen LogP contribution in [0.25, 0.3) is 82.8 Å². The first-order chi connectivity index (χ1) is 33.3. The second-order valence-corrected chi connectivity index (χ2v) is 17.9. The molecule has 0 N–H and O–H groups in total. The summed E-state index contributed by atoms with van der Waals surface area (Å²) in [5.74, 6) is 0. The van der Waals surface area contributed by atoms with Crippen LogP contribution in [0.5, 0.6) is 0 Å². The lowest BCUT2D eigenvalue weighted by molar-refractivity contribution is 0.773. The van der Waals surface area contributed by atoms with Crippen LogP contribution in [0.1, 0.15) is 22.3 Å². The van der Waals surface area contributed by atoms with Crippen molar-refractivity contribution in [3.63, 3.8) is 0 Å². The largest absolute Gasteiger partial charge is 0.309 e. The van der Waals surface area contributed by atoms with Gasteiger partial charge >= 0.3 is 0 Å². The van der Waals surface area contributed by atoms with Crippen molar-refractivity contribution in [2.45, 2.75) is 5.41 Å². The van der Waals surface area contributed by atoms with E-state index in [0.717, 1.165) is 50.5 Å². The summed E-state index contributed by atoms with van der Waals surface area (Å²) in [6.45, 7) is 0. The van der Waals surface area contributed by atoms with Gasteiger partial charge < -0.3 is 9.47 Å². The molecule has 312 valence electrons. The van der Waals surface area contributed by atoms with Crippen molar-refractivity contribution in [3.05, 3.63) is 277 Å². The van der Waals surface area contributed by atoms with E-state index in [4.69, 9.17) is 0 Å². The molecule has 0 aliphatic heterocycles. The zero-order valence-corrected chi connectivity index (χ0v) is 36.6. The molecule has 67 heavy (non-hydrogen) atoms. The predicted octanol–water partition coefficient (Wildman–Crippen LogP) is 17.1. The maximum Gasteiger partial charge on any atom is 0.0726 e. The molecule has 2 aliphatic carbocycles. The van der Waals surface area contributed by atoms with Crippen LogP contribution in [0.15, 0.2) is 255 Å². The average molecular weight is 851 g/mol. The smallest absolute Gasteiger partial charge is 0.0726 e. The van der Waals surface area contributed by atoms with Crippen molar-refractivity contribution in [3.8, 4) is 50.2 Å². The van der Waals surface area contributed by atoms with Gasteiger partial charge in [0.05, 0.1) is 22.1 Å². The van der Waals surface area contributed by atoms with Crippen LogP contribution in [-0.4, -0.2) is 4.57 Å². The van der Waals surface area contributed by atoms with E-state index in [9.17, 15) is 0 Å². The van der Waals surface area contributed by atoms with E-state index in [-0.39, 0.29) is 0 Å². The van der Waals surface area contributed by atoms with Gasteiger partial charge in [-0.3, -0.25) is 0 Å². The fraction of sp³-hybridized carbons (Fsp3) is 0.0154. The van der Waals surface area contributed by atoms with Gasteiger partial charge in [-0.2, -0.15) is 0 Å². The van der Waals surface area contributed by atoms with Gasteiger partial charge in [0.2, 0.25) is 0 Å². The number of hydrogen-bond donors (Lipinski definition) is 0. The molecule has 2 nitrogen and oxygen atoms in total. The minimum absolute atomic E-state index is 0.567. The molecule has 2 aliphatic rings. The monoisotopic (exact) mass is 850 g/mol. The number of benzene rings is 11. The van der Waals surface area contributed by atoms with Crippen molar-refractivity contribution < 1.29 is 0 Å². The average Bonchev–Trinajstić information content (AvgIpc) is 3.89. The molecule has 1 heterocycles. The van der Waals surface area contributed by atoms with Crippen molar-refractivity contribution in [2.75, 3.05) is 4.90 Å². The van der Waals surface area contributed by atoms with Crippen LogP contribution in [0.3, 0.4) is 0 Å². The van der Waals surface area contributed by atoms with Gasteiger partial charge in [0.25, 0.3) is 0 Å². The summed E-state index contributed by atoms with van der Waals surface area (Å²) in [6.07, 6.45) is 0. The topological polar surface area (TPSA) is 8.17 Å². The molecular formula is C65H42N2. The van der Waals surface area contributed by atoms with E-state index in [1.807, 2.05) is 0 Å². The summed E-state index contributed by atoms with van der Waals surface area (Å²) in [5, 5.41) is 5.04. The van der Waals surface area contributed by atoms with Gasteiger partial charge in [-0.25, -0.2) is 0 Å². The Balaban J connectivity index is 1.13. The fourth-order valence-electron chi connectivity index (χ4n) is 11.9. The van der Waals surface area contributed by atoms with E-state index in [0.29, 0.717) is 0 Å². The second kappa shape index (κ2) is 14.7. The predicted molar refractivity (Wildman–Crippen MR) is 280 cm³/mol. The first kappa shape index (κ1) is 37.6. The Kier molecular flexibility index (Phi) is 8.23. The van der Waals surface area contributed by atoms with Gasteiger partial charge in [-0.05, 0) is 109 Å². The van der Waals surface area contributed by atoms with Crippen LogP contribution < -0.4 is 4.90 Å². The zero-order chi connectivity index (χ0) is 44.1. The summed E-state index contributed by atoms with van der Waals surface area (Å²) in [5.41, 5.74) is 21.2. The maximum atomic E-state index is 2.55. The molecule has 0 fully saturated rings. The Morgan fingerprint density at radius 1 is 0.313 bits per heavy atom. The van der Waals surface area contributed by atoms with E-state index in [1.165, 1.54) is 71.6 Å². The molecule has 0 saturated heterocycles. The van der Waals surface area contributed by atoms with Crippen LogP contribution >= 0.6 is 0 Å². The molecule has 0 amide bonds. The fourth-order valence-corrected chi connectivity index (χ4v) is 11.9. The number of rotatable bonds is 6. The molecule has 14 rings (SSSR count). The number of aromatic nitrogens is 1. The van der Waals surface area contributed by atoms with Crippen LogP contribution in [0.4, 0.5) is 17.1 Å². The second-order valence-electron chi connectivity index (χ2n) is 17.9. The molecule has 0 saturated carbocycles. The van der Waals surface area contributed by atoms with Crippen molar-refractivity contribution >= 4 is 49.6 Å². The Bertz CT molecular complexity index is 3810. The number of anilines is 3. The summed E-state index contributed by atoms with van der Waals surface area (Å²) in [7, 11) is 0. The molecular weight excluding hydrogens is 809 g/mol. The Labute approximate surface area is 389 Å². The maximum absolute atomic E-state index is 2.55. The Morgan fingerprint density at radius 3 is 1.51 bits per heavy atom. The summed E-state index contributed by atoms with van der Waals surface area (Å²) in [4.78, 5) is 2.55. The highest BCUT2D eigenvalue weighted by atomic mass is 15.2. The summed E-state index contributed by atoms with van der Waals surface area (Å²) in [6, 6.07) is 94.7. The van der Waals surface area contributed by atoms with Gasteiger partial charge in [0.1, 0.15) is 0 Å². The third-order valence-corrected chi connectivity index (χ3v) is 14.6. The number of para-hydroxylation sites is 3. The Morgan fingerprint density at radius 2 is 0.806 bits per heavy atom. The van der Waals surface area contributed by atoms with Crippen molar-refractivity contribution in [1.82, 2.24) is 4.57 Å². The van der Waals surface area contributed by atoms with E-state index in [1.54, 1.807) is 0 Å². The standard InChI is InChI=1S/C65H42N2/c1-4-19-43(20-5-1)49-30-18-31-50(44-21-6-2-7-22-44)64(49)66(48-38-40-55-54-29-12-15-36-61(54)67(62(55)42-48)46-25-8-3-9-26-46)47-37-39-53-56-32-16-23-45-24-17-35-59(63(45)56)65(60(53)41-47)57-33-13-10-27-51(57)52-28-11-14-34-58(52)65/h1-42H. The molecule has 11 aromatic carbocycles. The quantitative estimate of drug-likeness (QED) is 0.162. The van der Waals surface area contributed by atoms with Crippen molar-refractivity contribution in [2.24, 2.45) is 0 Å². The van der Waals surface area contributed by atoms with Gasteiger partial charge in [-0.15, -0.1) is 0 Å². The Hall–Kier alpha value is -8.72. The summed E-state index contributed by atoms with van der Waals surface area (Å²) >= 11 is 0. The van der Waals surface area contributed by atoms with Crippen LogP contribution in [-0.2, 0) is 5.41 Å². The molecule has 1 spiro atoms. The molecule has 0 atom stereocenters. The highest BCUT2D eigenvalue weighted by molar-refractivity contribution is 6.12. The van der Waals surface area contributed by atoms with Gasteiger partial charge in [-0.1, -0.05) is 212 Å². The van der Waals surface area contributed by atoms with Crippen LogP contribution in [0, 0.1) is 0 Å². The first-order valence-electron chi connectivity index (χ1n) is 23.3. The zero-order valence-electron chi connectivity index (χ0n) is 36.6. The lowest BCUT2D eigenvalue weighted by Gasteiger charge is -2.41. The van der Waals surface area contributed by atoms with Crippen molar-refractivity contribution in [1.29, 1.82) is 0 Å². The lowest BCUT2D eigenvalue weighted by Crippen LogP contribution is -2.32. The first-order valence-corrected chi connectivity index (χ1v) is 23.3. The lowest BCUT2D eigenvalue weighted by atomic mass is 9.61. The minimum Gasteiger partial charge on any atom is -0.309 e. The minimum atomic E-state index is -0.567. The summed E-state index contributed by atoms with van der Waals surface area (Å²) < 4.78 is 2.43. The van der Waals surface area contributed by atoms with E-state index in [2.05, 4.69) is 264 Å². The van der Waals surface area contributed by atoms with Gasteiger partial charge in [0.15, 0.2) is 0 Å². The SMILES string of the molecule is c1ccc(-c2cccc(-c3ccccc3)c2N(c2ccc3c(c2)C2(c4ccccc4-c4ccccc42)c2cccc4cccc-3c24)c2ccc3c4ccccc4n(-c4ccccc4)c3c2)cc1. The number of fused-ring (bicyclic) bond motifs is 12. The van der Waals surface area contributed by atoms with Crippen LogP contribution in [0.2, 0.25) is 0 Å². The third kappa shape index (κ3) is 5.39. The normalized spacial score (nSPS) is 12.9. The molecule has 0 radical (unpaired) electrons. The van der Waals surface area contributed by atoms with E-state index >= 15 is 0 Å². The molecule has 0 bridgehead atoms. The molecule has 1 aromatic heterocycles. The number of hydrogen-bond acceptors (Lipinski definition) is 1. The highest BCUT2D eigenvalue weighted by Crippen LogP contribution is 2.62. The van der Waals surface area contributed by atoms with Gasteiger partial charge in [0, 0.05) is 39.0 Å². The molecule has 2 heteroatoms. The highest BCUT2D eigenvalue weighted by Gasteiger charge is 2.50. The molecule has 12 aromatic rings. The number of nitrogens with zero attached hydrogens (tertiary/aromatic N) is 2. The molecule has 0 unspecified atom stereocenters.